The quantitative estimate of drug-likeness (QED) is 0.827. The topological polar surface area (TPSA) is 76.7 Å². The van der Waals surface area contributed by atoms with Crippen LogP contribution in [0.3, 0.4) is 0 Å². The zero-order valence-corrected chi connectivity index (χ0v) is 11.1. The summed E-state index contributed by atoms with van der Waals surface area (Å²) in [4.78, 5) is 11.7. The number of H-pyrrole nitrogens is 1. The van der Waals surface area contributed by atoms with Crippen molar-refractivity contribution in [1.29, 1.82) is 0 Å². The van der Waals surface area contributed by atoms with Gasteiger partial charge < -0.3 is 5.73 Å². The van der Waals surface area contributed by atoms with Crippen LogP contribution in [0.25, 0.3) is 0 Å². The minimum atomic E-state index is -0.415. The number of nitrogens with zero attached hydrogens (tertiary/aromatic N) is 2. The predicted octanol–water partition coefficient (Wildman–Crippen LogP) is 1.74. The summed E-state index contributed by atoms with van der Waals surface area (Å²) in [7, 11) is 1.57. The third-order valence-electron chi connectivity index (χ3n) is 2.09. The second-order valence-corrected chi connectivity index (χ2v) is 5.14. The number of nitrogen functional groups attached to an aromatic ring is 1. The van der Waals surface area contributed by atoms with Gasteiger partial charge in [-0.25, -0.2) is 14.3 Å². The van der Waals surface area contributed by atoms with E-state index in [1.54, 1.807) is 7.05 Å². The number of nitrogens with two attached hydrogens (primary N) is 1. The van der Waals surface area contributed by atoms with E-state index < -0.39 is 5.82 Å². The Balaban J connectivity index is 2.40. The summed E-state index contributed by atoms with van der Waals surface area (Å²) in [5.41, 5.74) is 5.84. The molecule has 0 aliphatic rings. The van der Waals surface area contributed by atoms with E-state index in [1.165, 1.54) is 16.7 Å². The number of aromatic nitrogens is 3. The first-order valence-corrected chi connectivity index (χ1v) is 6.13. The molecule has 8 heteroatoms. The number of anilines is 1. The zero-order valence-electron chi connectivity index (χ0n) is 8.70. The fourth-order valence-electron chi connectivity index (χ4n) is 1.15. The highest BCUT2D eigenvalue weighted by atomic mass is 79.9. The number of rotatable bonds is 2. The lowest BCUT2D eigenvalue weighted by Crippen LogP contribution is -2.12. The van der Waals surface area contributed by atoms with Gasteiger partial charge in [0.1, 0.15) is 5.82 Å². The average molecular weight is 319 g/mol. The average Bonchev–Trinajstić information content (AvgIpc) is 2.58. The van der Waals surface area contributed by atoms with Crippen molar-refractivity contribution in [3.63, 3.8) is 0 Å². The minimum Gasteiger partial charge on any atom is -0.398 e. The molecule has 5 nitrogen and oxygen atoms in total. The Labute approximate surface area is 108 Å². The SMILES string of the molecule is Cn1c(Sc2cc(F)c(Br)cc2N)n[nH]c1=O. The van der Waals surface area contributed by atoms with Crippen molar-refractivity contribution in [2.75, 3.05) is 5.73 Å². The molecule has 0 saturated carbocycles. The van der Waals surface area contributed by atoms with E-state index >= 15 is 0 Å². The Hall–Kier alpha value is -1.28. The molecule has 2 rings (SSSR count). The van der Waals surface area contributed by atoms with Gasteiger partial charge in [-0.1, -0.05) is 0 Å². The third-order valence-corrected chi connectivity index (χ3v) is 3.82. The monoisotopic (exact) mass is 318 g/mol. The van der Waals surface area contributed by atoms with Crippen molar-refractivity contribution in [1.82, 2.24) is 14.8 Å². The van der Waals surface area contributed by atoms with Crippen molar-refractivity contribution in [2.45, 2.75) is 10.1 Å². The standard InChI is InChI=1S/C9H8BrFN4OS/c1-15-8(16)13-14-9(15)17-7-3-5(11)4(10)2-6(7)12/h2-3H,12H2,1H3,(H,13,16). The molecule has 0 radical (unpaired) electrons. The van der Waals surface area contributed by atoms with E-state index in [1.807, 2.05) is 0 Å². The summed E-state index contributed by atoms with van der Waals surface area (Å²) < 4.78 is 15.0. The molecule has 0 amide bonds. The first kappa shape index (κ1) is 12.2. The molecule has 0 bridgehead atoms. The van der Waals surface area contributed by atoms with Gasteiger partial charge in [0, 0.05) is 17.6 Å². The van der Waals surface area contributed by atoms with Crippen molar-refractivity contribution >= 4 is 33.4 Å². The molecule has 1 aromatic heterocycles. The van der Waals surface area contributed by atoms with Crippen molar-refractivity contribution in [3.8, 4) is 0 Å². The number of hydrogen-bond donors (Lipinski definition) is 2. The molecule has 2 aromatic rings. The Morgan fingerprint density at radius 2 is 2.29 bits per heavy atom. The molecule has 0 saturated heterocycles. The number of hydrogen-bond acceptors (Lipinski definition) is 4. The van der Waals surface area contributed by atoms with Gasteiger partial charge in [0.15, 0.2) is 5.16 Å². The lowest BCUT2D eigenvalue weighted by Gasteiger charge is -2.05. The number of nitrogens with one attached hydrogen (secondary N) is 1. The summed E-state index contributed by atoms with van der Waals surface area (Å²) in [6.07, 6.45) is 0. The molecule has 0 spiro atoms. The normalized spacial score (nSPS) is 10.8. The second kappa shape index (κ2) is 4.53. The van der Waals surface area contributed by atoms with Crippen LogP contribution in [0.2, 0.25) is 0 Å². The lowest BCUT2D eigenvalue weighted by molar-refractivity contribution is 0.618. The van der Waals surface area contributed by atoms with Gasteiger partial charge >= 0.3 is 5.69 Å². The molecule has 0 unspecified atom stereocenters. The van der Waals surface area contributed by atoms with Crippen molar-refractivity contribution in [2.24, 2.45) is 7.05 Å². The molecule has 0 atom stereocenters. The van der Waals surface area contributed by atoms with Crippen LogP contribution in [0.5, 0.6) is 0 Å². The molecule has 17 heavy (non-hydrogen) atoms. The third kappa shape index (κ3) is 2.37. The van der Waals surface area contributed by atoms with Crippen LogP contribution in [0.1, 0.15) is 0 Å². The first-order chi connectivity index (χ1) is 7.99. The fraction of sp³-hybridized carbons (Fsp3) is 0.111. The van der Waals surface area contributed by atoms with E-state index in [9.17, 15) is 9.18 Å². The number of aromatic amines is 1. The maximum absolute atomic E-state index is 13.4. The van der Waals surface area contributed by atoms with E-state index in [4.69, 9.17) is 5.73 Å². The first-order valence-electron chi connectivity index (χ1n) is 4.53. The van der Waals surface area contributed by atoms with E-state index in [-0.39, 0.29) is 5.69 Å². The van der Waals surface area contributed by atoms with E-state index in [0.29, 0.717) is 20.2 Å². The fourth-order valence-corrected chi connectivity index (χ4v) is 2.36. The van der Waals surface area contributed by atoms with Gasteiger partial charge in [-0.15, -0.1) is 5.10 Å². The summed E-state index contributed by atoms with van der Waals surface area (Å²) in [5, 5.41) is 6.52. The molecule has 3 N–H and O–H groups in total. The minimum absolute atomic E-state index is 0.301. The van der Waals surface area contributed by atoms with Gasteiger partial charge in [-0.05, 0) is 39.8 Å². The van der Waals surface area contributed by atoms with Crippen LogP contribution in [-0.2, 0) is 7.05 Å². The van der Waals surface area contributed by atoms with Gasteiger partial charge in [0.05, 0.1) is 4.47 Å². The second-order valence-electron chi connectivity index (χ2n) is 3.28. The Bertz CT molecular complexity index is 624. The molecule has 0 aliphatic heterocycles. The largest absolute Gasteiger partial charge is 0.398 e. The molecule has 0 fully saturated rings. The van der Waals surface area contributed by atoms with Crippen molar-refractivity contribution in [3.05, 3.63) is 32.9 Å². The van der Waals surface area contributed by atoms with Crippen LogP contribution < -0.4 is 11.4 Å². The number of halogens is 2. The highest BCUT2D eigenvalue weighted by Crippen LogP contribution is 2.33. The van der Waals surface area contributed by atoms with E-state index in [0.717, 1.165) is 11.8 Å². The molecular formula is C9H8BrFN4OS. The van der Waals surface area contributed by atoms with Crippen LogP contribution in [-0.4, -0.2) is 14.8 Å². The van der Waals surface area contributed by atoms with Crippen molar-refractivity contribution < 1.29 is 4.39 Å². The van der Waals surface area contributed by atoms with Gasteiger partial charge in [0.2, 0.25) is 0 Å². The highest BCUT2D eigenvalue weighted by Gasteiger charge is 2.11. The molecule has 90 valence electrons. The maximum Gasteiger partial charge on any atom is 0.343 e. The Kier molecular flexibility index (Phi) is 3.25. The summed E-state index contributed by atoms with van der Waals surface area (Å²) in [5.74, 6) is -0.415. The summed E-state index contributed by atoms with van der Waals surface area (Å²) >= 11 is 4.16. The lowest BCUT2D eigenvalue weighted by atomic mass is 10.3. The molecular weight excluding hydrogens is 311 g/mol. The summed E-state index contributed by atoms with van der Waals surface area (Å²) in [6, 6.07) is 2.77. The van der Waals surface area contributed by atoms with Crippen LogP contribution in [0.4, 0.5) is 10.1 Å². The van der Waals surface area contributed by atoms with Crippen LogP contribution in [0, 0.1) is 5.82 Å². The molecule has 1 heterocycles. The summed E-state index contributed by atoms with van der Waals surface area (Å²) in [6.45, 7) is 0. The predicted molar refractivity (Wildman–Crippen MR) is 66.5 cm³/mol. The van der Waals surface area contributed by atoms with Crippen LogP contribution >= 0.6 is 27.7 Å². The zero-order chi connectivity index (χ0) is 12.6. The Morgan fingerprint density at radius 1 is 1.59 bits per heavy atom. The Morgan fingerprint density at radius 3 is 2.88 bits per heavy atom. The van der Waals surface area contributed by atoms with Gasteiger partial charge in [-0.2, -0.15) is 0 Å². The highest BCUT2D eigenvalue weighted by molar-refractivity contribution is 9.10. The van der Waals surface area contributed by atoms with Crippen LogP contribution in [0.15, 0.2) is 31.5 Å². The number of benzene rings is 1. The van der Waals surface area contributed by atoms with Gasteiger partial charge in [-0.3, -0.25) is 4.57 Å². The molecule has 1 aromatic carbocycles. The smallest absolute Gasteiger partial charge is 0.343 e. The van der Waals surface area contributed by atoms with E-state index in [2.05, 4.69) is 26.1 Å². The van der Waals surface area contributed by atoms with Gasteiger partial charge in [0.25, 0.3) is 0 Å². The molecule has 0 aliphatic carbocycles. The maximum atomic E-state index is 13.4.